The van der Waals surface area contributed by atoms with Gasteiger partial charge < -0.3 is 14.7 Å². The fraction of sp³-hybridized carbons (Fsp3) is 0.562. The first-order valence-electron chi connectivity index (χ1n) is 7.29. The number of benzene rings is 1. The van der Waals surface area contributed by atoms with Crippen molar-refractivity contribution in [2.45, 2.75) is 44.6 Å². The molecule has 1 heterocycles. The summed E-state index contributed by atoms with van der Waals surface area (Å²) in [6.07, 6.45) is -5.18. The van der Waals surface area contributed by atoms with Gasteiger partial charge in [0.05, 0.1) is 12.1 Å². The third-order valence-corrected chi connectivity index (χ3v) is 3.63. The van der Waals surface area contributed by atoms with Crippen LogP contribution in [0.3, 0.4) is 0 Å². The van der Waals surface area contributed by atoms with E-state index in [0.717, 1.165) is 6.07 Å². The third kappa shape index (κ3) is 3.96. The van der Waals surface area contributed by atoms with Crippen molar-refractivity contribution in [3.63, 3.8) is 0 Å². The Morgan fingerprint density at radius 3 is 2.43 bits per heavy atom. The summed E-state index contributed by atoms with van der Waals surface area (Å²) in [5.41, 5.74) is -3.53. The molecule has 2 rings (SSSR count). The van der Waals surface area contributed by atoms with Crippen molar-refractivity contribution in [3.05, 3.63) is 35.4 Å². The van der Waals surface area contributed by atoms with Gasteiger partial charge in [0.2, 0.25) is 0 Å². The number of hydrogen-bond donors (Lipinski definition) is 1. The Kier molecular flexibility index (Phi) is 4.36. The highest BCUT2D eigenvalue weighted by Gasteiger charge is 2.46. The van der Waals surface area contributed by atoms with E-state index in [0.29, 0.717) is 0 Å². The smallest absolute Gasteiger partial charge is 0.416 e. The van der Waals surface area contributed by atoms with Gasteiger partial charge in [0.15, 0.2) is 0 Å². The van der Waals surface area contributed by atoms with Crippen molar-refractivity contribution in [2.24, 2.45) is 0 Å². The minimum atomic E-state index is -4.56. The molecule has 0 saturated carbocycles. The summed E-state index contributed by atoms with van der Waals surface area (Å²) in [4.78, 5) is 13.3. The second-order valence-electron chi connectivity index (χ2n) is 6.73. The Morgan fingerprint density at radius 1 is 1.26 bits per heavy atom. The Hall–Kier alpha value is -1.76. The lowest BCUT2D eigenvalue weighted by molar-refractivity contribution is -0.140. The summed E-state index contributed by atoms with van der Waals surface area (Å²) in [5, 5.41) is 10.7. The minimum Gasteiger partial charge on any atom is -0.444 e. The SMILES string of the molecule is CC(C)(C)OC(=O)N1CCC(O)(c2ccccc2C(F)(F)F)C1. The number of ether oxygens (including phenoxy) is 1. The summed E-state index contributed by atoms with van der Waals surface area (Å²) >= 11 is 0. The van der Waals surface area contributed by atoms with E-state index in [4.69, 9.17) is 4.74 Å². The van der Waals surface area contributed by atoms with Crippen LogP contribution >= 0.6 is 0 Å². The van der Waals surface area contributed by atoms with Crippen LogP contribution in [0.1, 0.15) is 38.3 Å². The molecular formula is C16H20F3NO3. The number of hydrogen-bond acceptors (Lipinski definition) is 3. The molecule has 0 aliphatic carbocycles. The monoisotopic (exact) mass is 331 g/mol. The Labute approximate surface area is 132 Å². The molecule has 0 bridgehead atoms. The number of alkyl halides is 3. The number of β-amino-alcohol motifs (C(OH)–C–C–N with tert-alkyl or cyclic N) is 1. The van der Waals surface area contributed by atoms with Crippen LogP contribution < -0.4 is 0 Å². The summed E-state index contributed by atoms with van der Waals surface area (Å²) in [6, 6.07) is 4.90. The summed E-state index contributed by atoms with van der Waals surface area (Å²) in [6.45, 7) is 5.01. The van der Waals surface area contributed by atoms with E-state index in [1.165, 1.54) is 23.1 Å². The van der Waals surface area contributed by atoms with E-state index in [1.54, 1.807) is 20.8 Å². The molecule has 1 amide bonds. The van der Waals surface area contributed by atoms with Gasteiger partial charge in [0, 0.05) is 6.54 Å². The Morgan fingerprint density at radius 2 is 1.87 bits per heavy atom. The van der Waals surface area contributed by atoms with Crippen LogP contribution in [0.4, 0.5) is 18.0 Å². The van der Waals surface area contributed by atoms with Crippen molar-refractivity contribution >= 4 is 6.09 Å². The number of rotatable bonds is 1. The van der Waals surface area contributed by atoms with E-state index in [2.05, 4.69) is 0 Å². The van der Waals surface area contributed by atoms with Gasteiger partial charge in [-0.1, -0.05) is 18.2 Å². The first-order valence-corrected chi connectivity index (χ1v) is 7.29. The summed E-state index contributed by atoms with van der Waals surface area (Å²) < 4.78 is 44.6. The van der Waals surface area contributed by atoms with Gasteiger partial charge >= 0.3 is 12.3 Å². The summed E-state index contributed by atoms with van der Waals surface area (Å²) in [7, 11) is 0. The van der Waals surface area contributed by atoms with Crippen molar-refractivity contribution in [2.75, 3.05) is 13.1 Å². The number of nitrogens with zero attached hydrogens (tertiary/aromatic N) is 1. The second-order valence-corrected chi connectivity index (χ2v) is 6.73. The average molecular weight is 331 g/mol. The summed E-state index contributed by atoms with van der Waals surface area (Å²) in [5.74, 6) is 0. The van der Waals surface area contributed by atoms with Gasteiger partial charge in [0.25, 0.3) is 0 Å². The predicted octanol–water partition coefficient (Wildman–Crippen LogP) is 3.53. The van der Waals surface area contributed by atoms with E-state index >= 15 is 0 Å². The molecule has 0 aromatic heterocycles. The molecular weight excluding hydrogens is 311 g/mol. The molecule has 1 N–H and O–H groups in total. The first kappa shape index (κ1) is 17.6. The van der Waals surface area contributed by atoms with E-state index in [1.807, 2.05) is 0 Å². The maximum atomic E-state index is 13.1. The Balaban J connectivity index is 2.24. The standard InChI is InChI=1S/C16H20F3NO3/c1-14(2,3)23-13(21)20-9-8-15(22,10-20)11-6-4-5-7-12(11)16(17,18)19/h4-7,22H,8-10H2,1-3H3. The molecule has 1 aliphatic rings. The topological polar surface area (TPSA) is 49.8 Å². The van der Waals surface area contributed by atoms with Crippen LogP contribution in [0.5, 0.6) is 0 Å². The van der Waals surface area contributed by atoms with Gasteiger partial charge in [0.1, 0.15) is 11.2 Å². The third-order valence-electron chi connectivity index (χ3n) is 3.63. The van der Waals surface area contributed by atoms with Crippen LogP contribution in [0.2, 0.25) is 0 Å². The fourth-order valence-corrected chi connectivity index (χ4v) is 2.63. The normalized spacial score (nSPS) is 22.3. The van der Waals surface area contributed by atoms with Gasteiger partial charge in [-0.05, 0) is 38.8 Å². The maximum Gasteiger partial charge on any atom is 0.416 e. The van der Waals surface area contributed by atoms with Gasteiger partial charge in [-0.25, -0.2) is 4.79 Å². The molecule has 1 saturated heterocycles. The van der Waals surface area contributed by atoms with Crippen LogP contribution in [0, 0.1) is 0 Å². The van der Waals surface area contributed by atoms with Crippen LogP contribution in [0.25, 0.3) is 0 Å². The van der Waals surface area contributed by atoms with E-state index < -0.39 is 29.0 Å². The lowest BCUT2D eigenvalue weighted by Crippen LogP contribution is -2.38. The molecule has 1 fully saturated rings. The van der Waals surface area contributed by atoms with Crippen molar-refractivity contribution in [1.29, 1.82) is 0 Å². The number of amides is 1. The molecule has 0 spiro atoms. The number of halogens is 3. The van der Waals surface area contributed by atoms with Gasteiger partial charge in [-0.3, -0.25) is 0 Å². The minimum absolute atomic E-state index is 0.0271. The molecule has 23 heavy (non-hydrogen) atoms. The predicted molar refractivity (Wildman–Crippen MR) is 77.8 cm³/mol. The lowest BCUT2D eigenvalue weighted by atomic mass is 9.89. The number of carbonyl (C=O) groups is 1. The molecule has 1 atom stereocenters. The fourth-order valence-electron chi connectivity index (χ4n) is 2.63. The Bertz CT molecular complexity index is 595. The van der Waals surface area contributed by atoms with Crippen LogP contribution in [0.15, 0.2) is 24.3 Å². The zero-order chi connectivity index (χ0) is 17.5. The van der Waals surface area contributed by atoms with Gasteiger partial charge in [-0.15, -0.1) is 0 Å². The molecule has 7 heteroatoms. The average Bonchev–Trinajstić information content (AvgIpc) is 2.80. The molecule has 1 unspecified atom stereocenters. The van der Waals surface area contributed by atoms with Crippen LogP contribution in [-0.2, 0) is 16.5 Å². The zero-order valence-corrected chi connectivity index (χ0v) is 13.3. The van der Waals surface area contributed by atoms with Gasteiger partial charge in [-0.2, -0.15) is 13.2 Å². The number of likely N-dealkylation sites (tertiary alicyclic amines) is 1. The quantitative estimate of drug-likeness (QED) is 0.856. The number of aliphatic hydroxyl groups is 1. The number of carbonyl (C=O) groups excluding carboxylic acids is 1. The second kappa shape index (κ2) is 5.70. The molecule has 128 valence electrons. The van der Waals surface area contributed by atoms with Crippen molar-refractivity contribution in [3.8, 4) is 0 Å². The molecule has 1 aliphatic heterocycles. The highest BCUT2D eigenvalue weighted by molar-refractivity contribution is 5.69. The first-order chi connectivity index (χ1) is 10.4. The largest absolute Gasteiger partial charge is 0.444 e. The van der Waals surface area contributed by atoms with Crippen molar-refractivity contribution in [1.82, 2.24) is 4.90 Å². The highest BCUT2D eigenvalue weighted by atomic mass is 19.4. The molecule has 4 nitrogen and oxygen atoms in total. The van der Waals surface area contributed by atoms with Crippen LogP contribution in [-0.4, -0.2) is 34.8 Å². The zero-order valence-electron chi connectivity index (χ0n) is 13.3. The van der Waals surface area contributed by atoms with E-state index in [-0.39, 0.29) is 25.1 Å². The maximum absolute atomic E-state index is 13.1. The molecule has 1 aromatic rings. The molecule has 0 radical (unpaired) electrons. The van der Waals surface area contributed by atoms with E-state index in [9.17, 15) is 23.1 Å². The molecule has 1 aromatic carbocycles. The highest BCUT2D eigenvalue weighted by Crippen LogP contribution is 2.40. The lowest BCUT2D eigenvalue weighted by Gasteiger charge is -2.28. The van der Waals surface area contributed by atoms with Crippen molar-refractivity contribution < 1.29 is 27.8 Å².